The monoisotopic (exact) mass is 737 g/mol. The zero-order chi connectivity index (χ0) is 38.4. The molecule has 0 saturated heterocycles. The van der Waals surface area contributed by atoms with Gasteiger partial charge in [0.2, 0.25) is 0 Å². The first-order valence-electron chi connectivity index (χ1n) is 19.7. The molecule has 270 valence electrons. The van der Waals surface area contributed by atoms with Crippen LogP contribution < -0.4 is 0 Å². The Balaban J connectivity index is 1.28. The quantitative estimate of drug-likeness (QED) is 0.126. The van der Waals surface area contributed by atoms with Gasteiger partial charge in [-0.1, -0.05) is 206 Å². The second kappa shape index (κ2) is 14.1. The molecular formula is C55H35N3. The Hall–Kier alpha value is -7.75. The van der Waals surface area contributed by atoms with E-state index in [0.717, 1.165) is 71.3 Å². The summed E-state index contributed by atoms with van der Waals surface area (Å²) < 4.78 is 0. The van der Waals surface area contributed by atoms with E-state index in [2.05, 4.69) is 200 Å². The predicted molar refractivity (Wildman–Crippen MR) is 242 cm³/mol. The van der Waals surface area contributed by atoms with Crippen molar-refractivity contribution in [2.24, 2.45) is 0 Å². The summed E-state index contributed by atoms with van der Waals surface area (Å²) in [4.78, 5) is 16.4. The zero-order valence-electron chi connectivity index (χ0n) is 31.5. The van der Waals surface area contributed by atoms with Crippen LogP contribution in [-0.2, 0) is 0 Å². The Labute approximate surface area is 336 Å². The van der Waals surface area contributed by atoms with E-state index in [1.54, 1.807) is 0 Å². The van der Waals surface area contributed by atoms with Gasteiger partial charge in [0.15, 0.2) is 17.5 Å². The van der Waals surface area contributed by atoms with Crippen molar-refractivity contribution < 1.29 is 0 Å². The summed E-state index contributed by atoms with van der Waals surface area (Å²) >= 11 is 0. The molecule has 58 heavy (non-hydrogen) atoms. The molecule has 1 aromatic heterocycles. The summed E-state index contributed by atoms with van der Waals surface area (Å²) in [6.07, 6.45) is 0. The average molecular weight is 738 g/mol. The third-order valence-electron chi connectivity index (χ3n) is 11.3. The van der Waals surface area contributed by atoms with Crippen LogP contribution in [0.5, 0.6) is 0 Å². The van der Waals surface area contributed by atoms with Crippen LogP contribution in [0.4, 0.5) is 0 Å². The number of rotatable bonds is 6. The van der Waals surface area contributed by atoms with Crippen LogP contribution in [0.25, 0.3) is 111 Å². The van der Waals surface area contributed by atoms with E-state index >= 15 is 0 Å². The SMILES string of the molecule is c1ccc(-c2ccccc2-c2nc(-c3ccccc3-c3ccccc3)nc(-c3c4ccccc4c(-c4ccc5ccccc5c4)c4ccc5ccccc5c34)n2)cc1. The van der Waals surface area contributed by atoms with Gasteiger partial charge in [-0.15, -0.1) is 0 Å². The van der Waals surface area contributed by atoms with Crippen LogP contribution in [0.15, 0.2) is 212 Å². The minimum Gasteiger partial charge on any atom is -0.208 e. The molecule has 0 saturated carbocycles. The van der Waals surface area contributed by atoms with Gasteiger partial charge in [-0.25, -0.2) is 15.0 Å². The molecule has 0 N–H and O–H groups in total. The van der Waals surface area contributed by atoms with Crippen molar-refractivity contribution in [3.63, 3.8) is 0 Å². The van der Waals surface area contributed by atoms with E-state index in [-0.39, 0.29) is 0 Å². The standard InChI is InChI=1S/C55H35N3/c1-3-18-37(19-4-1)42-24-11-15-29-47(42)53-56-54(48-30-16-12-25-43(48)38-20-5-2-6-21-38)58-55(57-53)52-46-28-14-13-27-45(46)50(41-32-31-36-17-7-8-23-40(36)35-41)49-34-33-39-22-9-10-26-44(39)51(49)52/h1-35H. The van der Waals surface area contributed by atoms with Crippen LogP contribution in [-0.4, -0.2) is 15.0 Å². The summed E-state index contributed by atoms with van der Waals surface area (Å²) in [5, 5.41) is 9.26. The summed E-state index contributed by atoms with van der Waals surface area (Å²) in [5.74, 6) is 1.88. The van der Waals surface area contributed by atoms with Crippen molar-refractivity contribution in [2.45, 2.75) is 0 Å². The zero-order valence-corrected chi connectivity index (χ0v) is 31.5. The molecule has 0 bridgehead atoms. The van der Waals surface area contributed by atoms with Crippen LogP contribution in [0, 0.1) is 0 Å². The lowest BCUT2D eigenvalue weighted by molar-refractivity contribution is 1.08. The summed E-state index contributed by atoms with van der Waals surface area (Å²) in [6.45, 7) is 0. The fourth-order valence-electron chi connectivity index (χ4n) is 8.66. The third-order valence-corrected chi connectivity index (χ3v) is 11.3. The van der Waals surface area contributed by atoms with Crippen LogP contribution >= 0.6 is 0 Å². The molecule has 0 atom stereocenters. The third kappa shape index (κ3) is 5.72. The highest BCUT2D eigenvalue weighted by Gasteiger charge is 2.23. The van der Waals surface area contributed by atoms with E-state index < -0.39 is 0 Å². The Morgan fingerprint density at radius 1 is 0.241 bits per heavy atom. The highest BCUT2D eigenvalue weighted by atomic mass is 15.0. The van der Waals surface area contributed by atoms with E-state index in [9.17, 15) is 0 Å². The van der Waals surface area contributed by atoms with Crippen molar-refractivity contribution in [2.75, 3.05) is 0 Å². The Morgan fingerprint density at radius 3 is 1.31 bits per heavy atom. The average Bonchev–Trinajstić information content (AvgIpc) is 3.31. The highest BCUT2D eigenvalue weighted by Crippen LogP contribution is 2.47. The molecule has 11 rings (SSSR count). The second-order valence-electron chi connectivity index (χ2n) is 14.7. The molecule has 0 unspecified atom stereocenters. The van der Waals surface area contributed by atoms with E-state index in [0.29, 0.717) is 17.5 Å². The summed E-state index contributed by atoms with van der Waals surface area (Å²) in [7, 11) is 0. The summed E-state index contributed by atoms with van der Waals surface area (Å²) in [5.41, 5.74) is 9.59. The van der Waals surface area contributed by atoms with Crippen LogP contribution in [0.1, 0.15) is 0 Å². The lowest BCUT2D eigenvalue weighted by Crippen LogP contribution is -2.03. The van der Waals surface area contributed by atoms with Gasteiger partial charge < -0.3 is 0 Å². The van der Waals surface area contributed by atoms with Gasteiger partial charge in [0.1, 0.15) is 0 Å². The van der Waals surface area contributed by atoms with Gasteiger partial charge in [-0.2, -0.15) is 0 Å². The largest absolute Gasteiger partial charge is 0.208 e. The molecule has 3 nitrogen and oxygen atoms in total. The van der Waals surface area contributed by atoms with E-state index in [1.807, 2.05) is 12.1 Å². The molecule has 1 heterocycles. The maximum absolute atomic E-state index is 5.52. The molecule has 0 amide bonds. The van der Waals surface area contributed by atoms with Gasteiger partial charge in [0, 0.05) is 22.1 Å². The number of fused-ring (bicyclic) bond motifs is 5. The molecule has 3 heteroatoms. The van der Waals surface area contributed by atoms with Crippen molar-refractivity contribution in [3.8, 4) is 67.5 Å². The molecule has 0 fully saturated rings. The number of nitrogens with zero attached hydrogens (tertiary/aromatic N) is 3. The van der Waals surface area contributed by atoms with Gasteiger partial charge in [-0.3, -0.25) is 0 Å². The molecule has 0 radical (unpaired) electrons. The fourth-order valence-corrected chi connectivity index (χ4v) is 8.66. The molecule has 10 aromatic carbocycles. The first-order chi connectivity index (χ1) is 28.8. The summed E-state index contributed by atoms with van der Waals surface area (Å²) in [6, 6.07) is 75.2. The lowest BCUT2D eigenvalue weighted by Gasteiger charge is -2.20. The molecule has 11 aromatic rings. The first-order valence-corrected chi connectivity index (χ1v) is 19.7. The van der Waals surface area contributed by atoms with Crippen molar-refractivity contribution in [1.82, 2.24) is 15.0 Å². The second-order valence-corrected chi connectivity index (χ2v) is 14.7. The number of hydrogen-bond acceptors (Lipinski definition) is 3. The van der Waals surface area contributed by atoms with E-state index in [1.165, 1.54) is 21.9 Å². The molecule has 0 spiro atoms. The van der Waals surface area contributed by atoms with Crippen LogP contribution in [0.3, 0.4) is 0 Å². The number of hydrogen-bond donors (Lipinski definition) is 0. The van der Waals surface area contributed by atoms with Gasteiger partial charge >= 0.3 is 0 Å². The minimum absolute atomic E-state index is 0.624. The van der Waals surface area contributed by atoms with Crippen LogP contribution in [0.2, 0.25) is 0 Å². The molecule has 0 aliphatic rings. The topological polar surface area (TPSA) is 38.7 Å². The number of benzene rings is 10. The molecule has 0 aliphatic carbocycles. The van der Waals surface area contributed by atoms with Crippen molar-refractivity contribution in [3.05, 3.63) is 212 Å². The maximum atomic E-state index is 5.52. The van der Waals surface area contributed by atoms with Gasteiger partial charge in [-0.05, 0) is 77.2 Å². The Kier molecular flexibility index (Phi) is 8.15. The fraction of sp³-hybridized carbons (Fsp3) is 0. The van der Waals surface area contributed by atoms with Gasteiger partial charge in [0.05, 0.1) is 0 Å². The minimum atomic E-state index is 0.624. The van der Waals surface area contributed by atoms with Gasteiger partial charge in [0.25, 0.3) is 0 Å². The number of aromatic nitrogens is 3. The smallest absolute Gasteiger partial charge is 0.165 e. The molecular weight excluding hydrogens is 703 g/mol. The van der Waals surface area contributed by atoms with E-state index in [4.69, 9.17) is 15.0 Å². The van der Waals surface area contributed by atoms with Crippen molar-refractivity contribution >= 4 is 43.1 Å². The first kappa shape index (κ1) is 33.6. The lowest BCUT2D eigenvalue weighted by atomic mass is 9.85. The Bertz CT molecular complexity index is 3230. The normalized spacial score (nSPS) is 11.4. The highest BCUT2D eigenvalue weighted by molar-refractivity contribution is 6.27. The maximum Gasteiger partial charge on any atom is 0.165 e. The Morgan fingerprint density at radius 2 is 0.690 bits per heavy atom. The molecule has 0 aliphatic heterocycles. The van der Waals surface area contributed by atoms with Crippen molar-refractivity contribution in [1.29, 1.82) is 0 Å². The predicted octanol–water partition coefficient (Wildman–Crippen LogP) is 14.5.